The van der Waals surface area contributed by atoms with E-state index in [1.165, 1.54) is 6.92 Å². The van der Waals surface area contributed by atoms with E-state index < -0.39 is 29.6 Å². The van der Waals surface area contributed by atoms with Gasteiger partial charge in [-0.2, -0.15) is 0 Å². The maximum Gasteiger partial charge on any atom is 0.235 e. The third-order valence-electron chi connectivity index (χ3n) is 6.41. The van der Waals surface area contributed by atoms with Crippen molar-refractivity contribution in [1.29, 1.82) is 0 Å². The molecular formula is C27H42N6O5. The number of benzene rings is 1. The van der Waals surface area contributed by atoms with Gasteiger partial charge in [0.25, 0.3) is 0 Å². The Hall–Kier alpha value is -3.15. The van der Waals surface area contributed by atoms with Crippen LogP contribution in [0.1, 0.15) is 58.4 Å². The topological polar surface area (TPSA) is 172 Å². The Bertz CT molecular complexity index is 947. The maximum atomic E-state index is 13.2. The van der Waals surface area contributed by atoms with Crippen molar-refractivity contribution in [2.75, 3.05) is 13.1 Å². The minimum absolute atomic E-state index is 0.0221. The van der Waals surface area contributed by atoms with Crippen LogP contribution in [0.25, 0.3) is 0 Å². The number of carbonyl (C=O) groups is 5. The molecule has 0 unspecified atom stereocenters. The largest absolute Gasteiger partial charge is 0.354 e. The van der Waals surface area contributed by atoms with Crippen LogP contribution in [0, 0.1) is 5.92 Å². The van der Waals surface area contributed by atoms with Crippen molar-refractivity contribution < 1.29 is 24.0 Å². The summed E-state index contributed by atoms with van der Waals surface area (Å²) < 4.78 is 0. The predicted octanol–water partition coefficient (Wildman–Crippen LogP) is -0.117. The first-order valence-electron chi connectivity index (χ1n) is 13.2. The van der Waals surface area contributed by atoms with E-state index in [0.29, 0.717) is 6.42 Å². The molecule has 1 aromatic rings. The molecule has 38 heavy (non-hydrogen) atoms. The molecule has 0 radical (unpaired) electrons. The van der Waals surface area contributed by atoms with Crippen LogP contribution in [0.4, 0.5) is 0 Å². The lowest BCUT2D eigenvalue weighted by Crippen LogP contribution is -2.55. The van der Waals surface area contributed by atoms with Crippen LogP contribution in [-0.2, 0) is 30.4 Å². The van der Waals surface area contributed by atoms with Crippen LogP contribution in [-0.4, -0.2) is 66.5 Å². The first-order valence-corrected chi connectivity index (χ1v) is 13.2. The van der Waals surface area contributed by atoms with Gasteiger partial charge in [0.2, 0.25) is 29.3 Å². The second kappa shape index (κ2) is 16.0. The summed E-state index contributed by atoms with van der Waals surface area (Å²) in [7, 11) is 0. The van der Waals surface area contributed by atoms with Crippen LogP contribution in [0.15, 0.2) is 30.3 Å². The molecule has 0 aliphatic heterocycles. The fourth-order valence-electron chi connectivity index (χ4n) is 4.56. The molecule has 0 heterocycles. The van der Waals surface area contributed by atoms with Crippen molar-refractivity contribution in [2.24, 2.45) is 11.7 Å². The number of hydrogen-bond acceptors (Lipinski definition) is 8. The Labute approximate surface area is 224 Å². The first kappa shape index (κ1) is 31.1. The zero-order valence-electron chi connectivity index (χ0n) is 22.5. The van der Waals surface area contributed by atoms with Gasteiger partial charge in [0.05, 0.1) is 25.2 Å². The molecule has 1 saturated carbocycles. The summed E-state index contributed by atoms with van der Waals surface area (Å²) in [6, 6.07) is 7.34. The van der Waals surface area contributed by atoms with Crippen LogP contribution in [0.2, 0.25) is 0 Å². The quantitative estimate of drug-likeness (QED) is 0.135. The maximum absolute atomic E-state index is 13.2. The average molecular weight is 531 g/mol. The van der Waals surface area contributed by atoms with Crippen molar-refractivity contribution in [3.63, 3.8) is 0 Å². The SMILES string of the molecule is CC(=O)NC1CCC(NC(=O)CNN[C@@H](CC(C)C)C(=O)C(=O)[C@H](Cc2ccccc2)NC(=O)CN)CC1. The second-order valence-electron chi connectivity index (χ2n) is 10.2. The molecule has 2 rings (SSSR count). The molecule has 0 spiro atoms. The molecule has 2 atom stereocenters. The molecule has 3 amide bonds. The van der Waals surface area contributed by atoms with Crippen molar-refractivity contribution >= 4 is 29.3 Å². The zero-order valence-corrected chi connectivity index (χ0v) is 22.5. The molecule has 0 aromatic heterocycles. The van der Waals surface area contributed by atoms with Gasteiger partial charge in [-0.05, 0) is 43.6 Å². The van der Waals surface area contributed by atoms with Gasteiger partial charge in [-0.3, -0.25) is 24.0 Å². The normalized spacial score (nSPS) is 18.8. The lowest BCUT2D eigenvalue weighted by atomic mass is 9.91. The van der Waals surface area contributed by atoms with Crippen LogP contribution in [0.3, 0.4) is 0 Å². The molecular weight excluding hydrogens is 488 g/mol. The Morgan fingerprint density at radius 2 is 1.45 bits per heavy atom. The molecule has 0 saturated heterocycles. The van der Waals surface area contributed by atoms with Crippen LogP contribution < -0.4 is 32.5 Å². The van der Waals surface area contributed by atoms with E-state index in [1.807, 2.05) is 44.2 Å². The first-order chi connectivity index (χ1) is 18.1. The van der Waals surface area contributed by atoms with Gasteiger partial charge >= 0.3 is 0 Å². The van der Waals surface area contributed by atoms with Crippen molar-refractivity contribution in [3.05, 3.63) is 35.9 Å². The van der Waals surface area contributed by atoms with Gasteiger partial charge in [-0.25, -0.2) is 10.9 Å². The second-order valence-corrected chi connectivity index (χ2v) is 10.2. The third-order valence-corrected chi connectivity index (χ3v) is 6.41. The lowest BCUT2D eigenvalue weighted by molar-refractivity contribution is -0.140. The summed E-state index contributed by atoms with van der Waals surface area (Å²) in [5.74, 6) is -2.13. The highest BCUT2D eigenvalue weighted by Gasteiger charge is 2.32. The van der Waals surface area contributed by atoms with E-state index in [9.17, 15) is 24.0 Å². The summed E-state index contributed by atoms with van der Waals surface area (Å²) in [5.41, 5.74) is 11.9. The van der Waals surface area contributed by atoms with Gasteiger partial charge < -0.3 is 21.7 Å². The smallest absolute Gasteiger partial charge is 0.235 e. The van der Waals surface area contributed by atoms with Crippen molar-refractivity contribution in [3.8, 4) is 0 Å². The fraction of sp³-hybridized carbons (Fsp3) is 0.593. The Morgan fingerprint density at radius 3 is 2.00 bits per heavy atom. The van der Waals surface area contributed by atoms with Crippen LogP contribution in [0.5, 0.6) is 0 Å². The highest BCUT2D eigenvalue weighted by molar-refractivity contribution is 6.41. The summed E-state index contributed by atoms with van der Waals surface area (Å²) in [6.45, 7) is 4.96. The summed E-state index contributed by atoms with van der Waals surface area (Å²) >= 11 is 0. The number of nitrogens with two attached hydrogens (primary N) is 1. The highest BCUT2D eigenvalue weighted by atomic mass is 16.2. The Morgan fingerprint density at radius 1 is 0.868 bits per heavy atom. The molecule has 1 aliphatic carbocycles. The zero-order chi connectivity index (χ0) is 28.1. The lowest BCUT2D eigenvalue weighted by Gasteiger charge is -2.29. The Kier molecular flexibility index (Phi) is 13.0. The molecule has 1 aliphatic rings. The van der Waals surface area contributed by atoms with E-state index in [2.05, 4.69) is 26.8 Å². The van der Waals surface area contributed by atoms with E-state index in [4.69, 9.17) is 5.73 Å². The summed E-state index contributed by atoms with van der Waals surface area (Å²) in [5, 5.41) is 8.44. The predicted molar refractivity (Wildman–Crippen MR) is 144 cm³/mol. The fourth-order valence-corrected chi connectivity index (χ4v) is 4.56. The van der Waals surface area contributed by atoms with E-state index in [0.717, 1.165) is 31.2 Å². The van der Waals surface area contributed by atoms with Crippen molar-refractivity contribution in [1.82, 2.24) is 26.8 Å². The third kappa shape index (κ3) is 11.1. The van der Waals surface area contributed by atoms with Gasteiger partial charge in [-0.15, -0.1) is 0 Å². The standard InChI is InChI=1S/C27H42N6O5/c1-17(2)13-23(33-29-16-25(36)31-21-11-9-20(10-12-21)30-18(3)34)27(38)26(37)22(32-24(35)15-28)14-19-7-5-4-6-8-19/h4-8,17,20-23,29,33H,9-16,28H2,1-3H3,(H,30,34)(H,31,36)(H,32,35)/t20?,21?,22-,23-/m0/s1. The monoisotopic (exact) mass is 530 g/mol. The number of amides is 3. The number of hydrazine groups is 1. The van der Waals surface area contributed by atoms with E-state index in [1.54, 1.807) is 0 Å². The average Bonchev–Trinajstić information content (AvgIpc) is 2.88. The van der Waals surface area contributed by atoms with Gasteiger partial charge in [0.15, 0.2) is 0 Å². The number of Topliss-reactive ketones (excluding diaryl/α,β-unsaturated/α-hetero) is 2. The molecule has 1 fully saturated rings. The Balaban J connectivity index is 1.92. The summed E-state index contributed by atoms with van der Waals surface area (Å²) in [4.78, 5) is 62.0. The number of hydrogen-bond donors (Lipinski definition) is 6. The van der Waals surface area contributed by atoms with Gasteiger partial charge in [-0.1, -0.05) is 44.2 Å². The molecule has 0 bridgehead atoms. The minimum Gasteiger partial charge on any atom is -0.354 e. The molecule has 7 N–H and O–H groups in total. The minimum atomic E-state index is -1.05. The molecule has 11 heteroatoms. The number of carbonyl (C=O) groups excluding carboxylic acids is 5. The highest BCUT2D eigenvalue weighted by Crippen LogP contribution is 2.18. The van der Waals surface area contributed by atoms with E-state index >= 15 is 0 Å². The molecule has 210 valence electrons. The number of nitrogens with one attached hydrogen (secondary N) is 5. The molecule has 11 nitrogen and oxygen atoms in total. The number of ketones is 2. The van der Waals surface area contributed by atoms with Crippen LogP contribution >= 0.6 is 0 Å². The molecule has 1 aromatic carbocycles. The van der Waals surface area contributed by atoms with E-state index in [-0.39, 0.29) is 49.3 Å². The van der Waals surface area contributed by atoms with Gasteiger partial charge in [0.1, 0.15) is 0 Å². The summed E-state index contributed by atoms with van der Waals surface area (Å²) in [6.07, 6.45) is 3.65. The number of rotatable bonds is 15. The van der Waals surface area contributed by atoms with Gasteiger partial charge in [0, 0.05) is 25.4 Å². The van der Waals surface area contributed by atoms with Crippen molar-refractivity contribution in [2.45, 2.75) is 83.5 Å².